The average Bonchev–Trinajstić information content (AvgIpc) is 2.64. The maximum atomic E-state index is 6.48. The molecule has 0 N–H and O–H groups in total. The molecule has 0 fully saturated rings. The van der Waals surface area contributed by atoms with Crippen molar-refractivity contribution < 1.29 is 0 Å². The van der Waals surface area contributed by atoms with E-state index in [9.17, 15) is 0 Å². The van der Waals surface area contributed by atoms with Gasteiger partial charge in [-0.2, -0.15) is 5.10 Å². The number of aryl methyl sites for hydroxylation is 2. The Kier molecular flexibility index (Phi) is 3.78. The van der Waals surface area contributed by atoms with Gasteiger partial charge in [-0.25, -0.2) is 4.68 Å². The molecule has 2 nitrogen and oxygen atoms in total. The Hall–Kier alpha value is -0.990. The number of hydrogen-bond donors (Lipinski definition) is 0. The minimum Gasteiger partial charge on any atom is -0.234 e. The summed E-state index contributed by atoms with van der Waals surface area (Å²) in [6.07, 6.45) is 5.96. The number of benzene rings is 1. The van der Waals surface area contributed by atoms with E-state index in [4.69, 9.17) is 23.2 Å². The van der Waals surface area contributed by atoms with Gasteiger partial charge in [-0.3, -0.25) is 0 Å². The molecule has 0 spiro atoms. The number of rotatable bonds is 1. The molecule has 1 aromatic heterocycles. The average molecular weight is 309 g/mol. The molecule has 1 aliphatic rings. The molecule has 0 amide bonds. The number of fused-ring (bicyclic) bond motifs is 1. The summed E-state index contributed by atoms with van der Waals surface area (Å²) in [5.74, 6) is 0. The molecule has 0 aliphatic heterocycles. The van der Waals surface area contributed by atoms with Crippen molar-refractivity contribution >= 4 is 23.2 Å². The summed E-state index contributed by atoms with van der Waals surface area (Å²) in [5.41, 5.74) is 5.59. The molecule has 1 aromatic carbocycles. The maximum absolute atomic E-state index is 6.48. The maximum Gasteiger partial charge on any atom is 0.0870 e. The number of hydrogen-bond acceptors (Lipinski definition) is 1. The van der Waals surface area contributed by atoms with E-state index in [1.807, 2.05) is 24.6 Å². The smallest absolute Gasteiger partial charge is 0.0870 e. The van der Waals surface area contributed by atoms with Gasteiger partial charge in [0.1, 0.15) is 0 Å². The summed E-state index contributed by atoms with van der Waals surface area (Å²) >= 11 is 12.8. The Morgan fingerprint density at radius 3 is 2.50 bits per heavy atom. The van der Waals surface area contributed by atoms with Crippen LogP contribution in [-0.4, -0.2) is 9.78 Å². The number of halogens is 2. The van der Waals surface area contributed by atoms with E-state index in [1.165, 1.54) is 30.4 Å². The lowest BCUT2D eigenvalue weighted by atomic mass is 10.0. The van der Waals surface area contributed by atoms with Crippen molar-refractivity contribution in [2.24, 2.45) is 0 Å². The predicted octanol–water partition coefficient (Wildman–Crippen LogP) is 5.06. The minimum atomic E-state index is 0.729. The lowest BCUT2D eigenvalue weighted by Gasteiger charge is -2.15. The molecule has 106 valence electrons. The lowest BCUT2D eigenvalue weighted by molar-refractivity contribution is 0.709. The fraction of sp³-hybridized carbons (Fsp3) is 0.438. The van der Waals surface area contributed by atoms with Gasteiger partial charge in [0.15, 0.2) is 0 Å². The van der Waals surface area contributed by atoms with Gasteiger partial charge in [0, 0.05) is 0 Å². The van der Waals surface area contributed by atoms with E-state index in [0.717, 1.165) is 40.0 Å². The monoisotopic (exact) mass is 308 g/mol. The molecule has 0 radical (unpaired) electrons. The summed E-state index contributed by atoms with van der Waals surface area (Å²) in [4.78, 5) is 0. The first-order chi connectivity index (χ1) is 9.59. The molecular formula is C16H18Cl2N2. The summed E-state index contributed by atoms with van der Waals surface area (Å²) in [7, 11) is 0. The molecular weight excluding hydrogens is 291 g/mol. The van der Waals surface area contributed by atoms with Gasteiger partial charge in [0.25, 0.3) is 0 Å². The molecule has 4 heteroatoms. The van der Waals surface area contributed by atoms with Crippen LogP contribution in [0, 0.1) is 13.8 Å². The third kappa shape index (κ3) is 2.25. The first-order valence-corrected chi connectivity index (χ1v) is 7.87. The van der Waals surface area contributed by atoms with Crippen LogP contribution in [0.4, 0.5) is 0 Å². The van der Waals surface area contributed by atoms with E-state index in [1.54, 1.807) is 0 Å². The Balaban J connectivity index is 2.24. The van der Waals surface area contributed by atoms with Crippen LogP contribution in [0.3, 0.4) is 0 Å². The van der Waals surface area contributed by atoms with Gasteiger partial charge in [0.2, 0.25) is 0 Å². The van der Waals surface area contributed by atoms with Crippen LogP contribution < -0.4 is 0 Å². The molecule has 2 aromatic rings. The Morgan fingerprint density at radius 1 is 1.05 bits per heavy atom. The third-order valence-electron chi connectivity index (χ3n) is 4.12. The highest BCUT2D eigenvalue weighted by atomic mass is 35.5. The molecule has 20 heavy (non-hydrogen) atoms. The quantitative estimate of drug-likeness (QED) is 0.673. The second-order valence-electron chi connectivity index (χ2n) is 5.49. The van der Waals surface area contributed by atoms with Crippen molar-refractivity contribution in [1.29, 1.82) is 0 Å². The van der Waals surface area contributed by atoms with E-state index < -0.39 is 0 Å². The number of nitrogens with zero attached hydrogens (tertiary/aromatic N) is 2. The van der Waals surface area contributed by atoms with E-state index in [-0.39, 0.29) is 0 Å². The SMILES string of the molecule is Cc1nn(-c2c(Cl)ccc3c2CCCCC3)c(C)c1Cl. The molecule has 0 saturated heterocycles. The summed E-state index contributed by atoms with van der Waals surface area (Å²) in [5, 5.41) is 6.07. The van der Waals surface area contributed by atoms with E-state index in [2.05, 4.69) is 11.2 Å². The lowest BCUT2D eigenvalue weighted by Crippen LogP contribution is -2.07. The van der Waals surface area contributed by atoms with Crippen LogP contribution in [0.15, 0.2) is 12.1 Å². The first kappa shape index (κ1) is 14.0. The van der Waals surface area contributed by atoms with Gasteiger partial charge in [0.05, 0.1) is 27.1 Å². The van der Waals surface area contributed by atoms with Gasteiger partial charge in [-0.1, -0.05) is 35.7 Å². The zero-order valence-electron chi connectivity index (χ0n) is 11.8. The predicted molar refractivity (Wildman–Crippen MR) is 84.3 cm³/mol. The van der Waals surface area contributed by atoms with Crippen LogP contribution in [0.5, 0.6) is 0 Å². The Morgan fingerprint density at radius 2 is 1.80 bits per heavy atom. The highest BCUT2D eigenvalue weighted by Gasteiger charge is 2.20. The van der Waals surface area contributed by atoms with Gasteiger partial charge < -0.3 is 0 Å². The fourth-order valence-electron chi connectivity index (χ4n) is 3.03. The second kappa shape index (κ2) is 5.42. The van der Waals surface area contributed by atoms with Gasteiger partial charge in [-0.15, -0.1) is 0 Å². The summed E-state index contributed by atoms with van der Waals surface area (Å²) < 4.78 is 1.92. The normalized spacial score (nSPS) is 15.0. The molecule has 0 bridgehead atoms. The largest absolute Gasteiger partial charge is 0.234 e. The van der Waals surface area contributed by atoms with E-state index in [0.29, 0.717) is 0 Å². The molecule has 1 aliphatic carbocycles. The van der Waals surface area contributed by atoms with E-state index >= 15 is 0 Å². The molecule has 1 heterocycles. The first-order valence-electron chi connectivity index (χ1n) is 7.12. The topological polar surface area (TPSA) is 17.8 Å². The summed E-state index contributed by atoms with van der Waals surface area (Å²) in [6.45, 7) is 3.93. The Bertz CT molecular complexity index is 659. The van der Waals surface area contributed by atoms with Gasteiger partial charge >= 0.3 is 0 Å². The van der Waals surface area contributed by atoms with Crippen molar-refractivity contribution in [3.05, 3.63) is 44.7 Å². The molecule has 0 saturated carbocycles. The molecule has 3 rings (SSSR count). The van der Waals surface area contributed by atoms with Crippen molar-refractivity contribution in [1.82, 2.24) is 9.78 Å². The van der Waals surface area contributed by atoms with Gasteiger partial charge in [-0.05, 0) is 56.7 Å². The Labute approximate surface area is 129 Å². The second-order valence-corrected chi connectivity index (χ2v) is 6.28. The highest BCUT2D eigenvalue weighted by molar-refractivity contribution is 6.33. The van der Waals surface area contributed by atoms with Crippen molar-refractivity contribution in [2.75, 3.05) is 0 Å². The van der Waals surface area contributed by atoms with Crippen molar-refractivity contribution in [2.45, 2.75) is 46.0 Å². The van der Waals surface area contributed by atoms with Crippen LogP contribution in [0.1, 0.15) is 41.8 Å². The van der Waals surface area contributed by atoms with Crippen LogP contribution in [-0.2, 0) is 12.8 Å². The standard InChI is InChI=1S/C16H18Cl2N2/c1-10-15(18)11(2)20(19-10)16-13-7-5-3-4-6-12(13)8-9-14(16)17/h8-9H,3-7H2,1-2H3. The van der Waals surface area contributed by atoms with Crippen molar-refractivity contribution in [3.63, 3.8) is 0 Å². The fourth-order valence-corrected chi connectivity index (χ4v) is 3.40. The van der Waals surface area contributed by atoms with Crippen molar-refractivity contribution in [3.8, 4) is 5.69 Å². The zero-order chi connectivity index (χ0) is 14.3. The van der Waals surface area contributed by atoms with Crippen LogP contribution in [0.2, 0.25) is 10.0 Å². The minimum absolute atomic E-state index is 0.729. The zero-order valence-corrected chi connectivity index (χ0v) is 13.4. The van der Waals surface area contributed by atoms with Crippen LogP contribution in [0.25, 0.3) is 5.69 Å². The summed E-state index contributed by atoms with van der Waals surface area (Å²) in [6, 6.07) is 4.16. The molecule has 0 unspecified atom stereocenters. The third-order valence-corrected chi connectivity index (χ3v) is 4.97. The highest BCUT2D eigenvalue weighted by Crippen LogP contribution is 2.34. The molecule has 0 atom stereocenters. The van der Waals surface area contributed by atoms with Crippen LogP contribution >= 0.6 is 23.2 Å². The number of aromatic nitrogens is 2.